The highest BCUT2D eigenvalue weighted by Gasteiger charge is 2.31. The van der Waals surface area contributed by atoms with Crippen LogP contribution in [0.4, 0.5) is 34.6 Å². The number of ether oxygens (including phenoxy) is 4. The van der Waals surface area contributed by atoms with Crippen molar-refractivity contribution in [3.63, 3.8) is 0 Å². The maximum atomic E-state index is 15.2. The van der Waals surface area contributed by atoms with Crippen molar-refractivity contribution in [3.05, 3.63) is 46.6 Å². The Morgan fingerprint density at radius 1 is 1.00 bits per heavy atom. The van der Waals surface area contributed by atoms with Crippen LogP contribution in [-0.2, 0) is 20.6 Å². The minimum atomic E-state index is -4.39. The summed E-state index contributed by atoms with van der Waals surface area (Å²) in [4.78, 5) is 4.63. The van der Waals surface area contributed by atoms with Gasteiger partial charge in [-0.3, -0.25) is 0 Å². The molecule has 47 heavy (non-hydrogen) atoms. The lowest BCUT2D eigenvalue weighted by atomic mass is 10.0. The molecule has 1 aromatic heterocycles. The molecule has 2 fully saturated rings. The number of nitrogens with zero attached hydrogens (tertiary/aromatic N) is 2. The Morgan fingerprint density at radius 2 is 1.77 bits per heavy atom. The summed E-state index contributed by atoms with van der Waals surface area (Å²) in [5.41, 5.74) is 1.82. The van der Waals surface area contributed by atoms with Crippen molar-refractivity contribution < 1.29 is 36.5 Å². The van der Waals surface area contributed by atoms with Gasteiger partial charge in [-0.2, -0.15) is 13.2 Å². The van der Waals surface area contributed by atoms with E-state index in [-0.39, 0.29) is 24.8 Å². The zero-order chi connectivity index (χ0) is 33.2. The summed E-state index contributed by atoms with van der Waals surface area (Å²) in [5, 5.41) is 7.25. The summed E-state index contributed by atoms with van der Waals surface area (Å²) in [6.45, 7) is 6.27. The Hall–Kier alpha value is -3.28. The van der Waals surface area contributed by atoms with E-state index in [0.717, 1.165) is 42.9 Å². The molecule has 2 aliphatic rings. The number of nitrogens with one attached hydrogen (secondary N) is 2. The highest BCUT2D eigenvalue weighted by Crippen LogP contribution is 2.40. The summed E-state index contributed by atoms with van der Waals surface area (Å²) in [6.07, 6.45) is -3.60. The molecule has 2 aromatic carbocycles. The molecule has 3 heterocycles. The normalized spacial score (nSPS) is 16.3. The summed E-state index contributed by atoms with van der Waals surface area (Å²) >= 11 is 1.27. The number of fused-ring (bicyclic) bond motifs is 1. The number of benzene rings is 2. The predicted octanol–water partition coefficient (Wildman–Crippen LogP) is 5.99. The third-order valence-corrected chi connectivity index (χ3v) is 9.47. The number of piperidine rings is 1. The minimum absolute atomic E-state index is 0.0729. The highest BCUT2D eigenvalue weighted by molar-refractivity contribution is 7.20. The molecule has 0 spiro atoms. The lowest BCUT2D eigenvalue weighted by Crippen LogP contribution is -2.40. The second-order valence-electron chi connectivity index (χ2n) is 11.5. The highest BCUT2D eigenvalue weighted by atomic mass is 32.1. The zero-order valence-corrected chi connectivity index (χ0v) is 27.6. The van der Waals surface area contributed by atoms with Crippen molar-refractivity contribution in [1.82, 2.24) is 4.90 Å². The van der Waals surface area contributed by atoms with Gasteiger partial charge in [0.1, 0.15) is 18.2 Å². The van der Waals surface area contributed by atoms with E-state index in [2.05, 4.69) is 27.4 Å². The fourth-order valence-corrected chi connectivity index (χ4v) is 7.02. The molecule has 0 bridgehead atoms. The monoisotopic (exact) mass is 678 g/mol. The van der Waals surface area contributed by atoms with E-state index in [1.807, 2.05) is 11.0 Å². The van der Waals surface area contributed by atoms with Gasteiger partial charge in [-0.15, -0.1) is 11.3 Å². The number of rotatable bonds is 13. The molecule has 0 unspecified atom stereocenters. The molecular formula is C34H42F4N4O4S. The summed E-state index contributed by atoms with van der Waals surface area (Å²) in [7, 11) is 3.26. The van der Waals surface area contributed by atoms with Gasteiger partial charge in [-0.25, -0.2) is 4.39 Å². The van der Waals surface area contributed by atoms with Crippen molar-refractivity contribution in [2.45, 2.75) is 31.5 Å². The van der Waals surface area contributed by atoms with Crippen LogP contribution in [0.15, 0.2) is 30.3 Å². The Labute approximate surface area is 277 Å². The number of methoxy groups -OCH3 is 2. The van der Waals surface area contributed by atoms with Crippen LogP contribution in [0.2, 0.25) is 0 Å². The molecule has 0 saturated carbocycles. The maximum absolute atomic E-state index is 15.2. The molecule has 2 N–H and O–H groups in total. The van der Waals surface area contributed by atoms with Gasteiger partial charge in [0.05, 0.1) is 66.0 Å². The van der Waals surface area contributed by atoms with Crippen LogP contribution in [0, 0.1) is 17.7 Å². The first-order valence-corrected chi connectivity index (χ1v) is 16.7. The van der Waals surface area contributed by atoms with Crippen molar-refractivity contribution in [1.29, 1.82) is 0 Å². The molecule has 3 aromatic rings. The SMILES string of the molecule is COCCOc1cc(N2CCOCC2)c(F)cc1NCC#Cc1sc2c(NC3CCN(CCOC)CC3)cccc2c1CC(F)(F)F. The molecular weight excluding hydrogens is 636 g/mol. The number of hydrogen-bond donors (Lipinski definition) is 2. The molecule has 5 rings (SSSR count). The zero-order valence-electron chi connectivity index (χ0n) is 26.8. The number of alkyl halides is 3. The van der Waals surface area contributed by atoms with Crippen LogP contribution in [0.25, 0.3) is 10.1 Å². The minimum Gasteiger partial charge on any atom is -0.489 e. The van der Waals surface area contributed by atoms with Gasteiger partial charge >= 0.3 is 6.18 Å². The Balaban J connectivity index is 1.34. The second-order valence-corrected chi connectivity index (χ2v) is 12.6. The lowest BCUT2D eigenvalue weighted by Gasteiger charge is -2.32. The van der Waals surface area contributed by atoms with Gasteiger partial charge < -0.3 is 39.4 Å². The molecule has 0 amide bonds. The topological polar surface area (TPSA) is 67.5 Å². The molecule has 8 nitrogen and oxygen atoms in total. The fourth-order valence-electron chi connectivity index (χ4n) is 5.85. The summed E-state index contributed by atoms with van der Waals surface area (Å²) in [5.74, 6) is 5.97. The second kappa shape index (κ2) is 16.7. The van der Waals surface area contributed by atoms with Crippen LogP contribution >= 0.6 is 11.3 Å². The third kappa shape index (κ3) is 9.64. The fraction of sp³-hybridized carbons (Fsp3) is 0.529. The maximum Gasteiger partial charge on any atom is 0.393 e. The van der Waals surface area contributed by atoms with E-state index >= 15 is 4.39 Å². The summed E-state index contributed by atoms with van der Waals surface area (Å²) < 4.78 is 78.8. The van der Waals surface area contributed by atoms with Crippen molar-refractivity contribution in [2.24, 2.45) is 0 Å². The quantitative estimate of drug-likeness (QED) is 0.130. The van der Waals surface area contributed by atoms with E-state index in [9.17, 15) is 13.2 Å². The van der Waals surface area contributed by atoms with Gasteiger partial charge in [-0.05, 0) is 29.9 Å². The molecule has 2 aliphatic heterocycles. The van der Waals surface area contributed by atoms with E-state index in [0.29, 0.717) is 66.9 Å². The van der Waals surface area contributed by atoms with E-state index < -0.39 is 18.4 Å². The average molecular weight is 679 g/mol. The smallest absolute Gasteiger partial charge is 0.393 e. The molecule has 0 radical (unpaired) electrons. The Morgan fingerprint density at radius 3 is 2.49 bits per heavy atom. The van der Waals surface area contributed by atoms with Gasteiger partial charge in [0, 0.05) is 65.1 Å². The summed E-state index contributed by atoms with van der Waals surface area (Å²) in [6, 6.07) is 8.69. The lowest BCUT2D eigenvalue weighted by molar-refractivity contribution is -0.126. The van der Waals surface area contributed by atoms with Gasteiger partial charge in [0.25, 0.3) is 0 Å². The standard InChI is InChI=1S/C34H42F4N4O4S/c1-43-16-13-41-11-8-24(9-12-41)40-28-6-3-5-25-26(23-34(36,37)38)32(47-33(25)28)7-4-10-39-29-21-27(35)30(42-14-17-45-18-15-42)22-31(29)46-20-19-44-2/h3,5-6,21-22,24,39-40H,8-20,23H2,1-2H3. The number of likely N-dealkylation sites (tertiary alicyclic amines) is 1. The van der Waals surface area contributed by atoms with E-state index in [1.165, 1.54) is 17.4 Å². The van der Waals surface area contributed by atoms with Crippen LogP contribution < -0.4 is 20.3 Å². The number of thiophene rings is 1. The number of halogens is 4. The van der Waals surface area contributed by atoms with Crippen molar-refractivity contribution in [2.75, 3.05) is 102 Å². The van der Waals surface area contributed by atoms with Crippen molar-refractivity contribution in [3.8, 4) is 17.6 Å². The third-order valence-electron chi connectivity index (χ3n) is 8.27. The number of hydrogen-bond acceptors (Lipinski definition) is 9. The molecule has 256 valence electrons. The van der Waals surface area contributed by atoms with Crippen molar-refractivity contribution >= 4 is 38.5 Å². The first kappa shape index (κ1) is 35.0. The van der Waals surface area contributed by atoms with E-state index in [1.54, 1.807) is 32.4 Å². The number of anilines is 3. The molecule has 0 aliphatic carbocycles. The average Bonchev–Trinajstić information content (AvgIpc) is 3.40. The van der Waals surface area contributed by atoms with Gasteiger partial charge in [0.2, 0.25) is 0 Å². The van der Waals surface area contributed by atoms with Crippen LogP contribution in [0.1, 0.15) is 23.3 Å². The molecule has 13 heteroatoms. The van der Waals surface area contributed by atoms with Crippen LogP contribution in [0.3, 0.4) is 0 Å². The molecule has 2 saturated heterocycles. The number of morpholine rings is 1. The Bertz CT molecular complexity index is 1530. The van der Waals surface area contributed by atoms with Crippen LogP contribution in [-0.4, -0.2) is 104 Å². The first-order chi connectivity index (χ1) is 22.8. The van der Waals surface area contributed by atoms with Gasteiger partial charge in [0.15, 0.2) is 0 Å². The Kier molecular flexibility index (Phi) is 12.5. The van der Waals surface area contributed by atoms with Crippen LogP contribution in [0.5, 0.6) is 5.75 Å². The van der Waals surface area contributed by atoms with Gasteiger partial charge in [-0.1, -0.05) is 24.0 Å². The molecule has 0 atom stereocenters. The predicted molar refractivity (Wildman–Crippen MR) is 179 cm³/mol. The van der Waals surface area contributed by atoms with E-state index in [4.69, 9.17) is 18.9 Å². The largest absolute Gasteiger partial charge is 0.489 e. The first-order valence-electron chi connectivity index (χ1n) is 15.9.